The molecule has 0 spiro atoms. The van der Waals surface area contributed by atoms with Gasteiger partial charge in [-0.3, -0.25) is 0 Å². The van der Waals surface area contributed by atoms with E-state index < -0.39 is 0 Å². The zero-order chi connectivity index (χ0) is 8.48. The fraction of sp³-hybridized carbons (Fsp3) is 0.833. The third kappa shape index (κ3) is 1.74. The van der Waals surface area contributed by atoms with Gasteiger partial charge < -0.3 is 5.73 Å². The Morgan fingerprint density at radius 2 is 2.09 bits per heavy atom. The second-order valence-corrected chi connectivity index (χ2v) is 3.61. The molecule has 5 nitrogen and oxygen atoms in total. The first kappa shape index (κ1) is 8.13. The first-order valence-electron chi connectivity index (χ1n) is 3.51. The normalized spacial score (nSPS) is 14.9. The van der Waals surface area contributed by atoms with Gasteiger partial charge in [-0.2, -0.15) is 5.21 Å². The molecule has 5 heteroatoms. The van der Waals surface area contributed by atoms with Gasteiger partial charge in [0.1, 0.15) is 0 Å². The number of aromatic nitrogens is 4. The predicted molar refractivity (Wildman–Crippen MR) is 40.6 cm³/mol. The van der Waals surface area contributed by atoms with E-state index in [-0.39, 0.29) is 11.5 Å². The highest BCUT2D eigenvalue weighted by Crippen LogP contribution is 2.27. The molecule has 1 aromatic rings. The molecule has 0 radical (unpaired) electrons. The van der Waals surface area contributed by atoms with E-state index in [2.05, 4.69) is 20.6 Å². The second-order valence-electron chi connectivity index (χ2n) is 3.61. The first-order valence-corrected chi connectivity index (χ1v) is 3.51. The molecule has 1 rings (SSSR count). The van der Waals surface area contributed by atoms with Crippen molar-refractivity contribution in [3.05, 3.63) is 5.82 Å². The van der Waals surface area contributed by atoms with Crippen LogP contribution in [0.15, 0.2) is 0 Å². The topological polar surface area (TPSA) is 80.5 Å². The lowest BCUT2D eigenvalue weighted by atomic mass is 9.87. The summed E-state index contributed by atoms with van der Waals surface area (Å²) >= 11 is 0. The average Bonchev–Trinajstić information content (AvgIpc) is 2.34. The summed E-state index contributed by atoms with van der Waals surface area (Å²) in [7, 11) is 0. The molecule has 0 amide bonds. The molecular weight excluding hydrogens is 142 g/mol. The molecule has 1 heterocycles. The molecule has 0 bridgehead atoms. The first-order chi connectivity index (χ1) is 5.02. The van der Waals surface area contributed by atoms with Gasteiger partial charge in [0.25, 0.3) is 0 Å². The van der Waals surface area contributed by atoms with Gasteiger partial charge >= 0.3 is 0 Å². The molecule has 11 heavy (non-hydrogen) atoms. The summed E-state index contributed by atoms with van der Waals surface area (Å²) in [6, 6.07) is -0.166. The highest BCUT2D eigenvalue weighted by atomic mass is 15.5. The zero-order valence-corrected chi connectivity index (χ0v) is 7.00. The maximum absolute atomic E-state index is 5.83. The lowest BCUT2D eigenvalue weighted by molar-refractivity contribution is 0.315. The van der Waals surface area contributed by atoms with E-state index in [1.165, 1.54) is 0 Å². The van der Waals surface area contributed by atoms with Crippen LogP contribution in [0.5, 0.6) is 0 Å². The third-order valence-corrected chi connectivity index (χ3v) is 1.57. The van der Waals surface area contributed by atoms with Crippen LogP contribution in [0.25, 0.3) is 0 Å². The number of H-pyrrole nitrogens is 1. The minimum absolute atomic E-state index is 0.0239. The number of aromatic amines is 1. The largest absolute Gasteiger partial charge is 0.321 e. The van der Waals surface area contributed by atoms with Crippen molar-refractivity contribution in [2.45, 2.75) is 26.8 Å². The molecule has 0 fully saturated rings. The van der Waals surface area contributed by atoms with Crippen molar-refractivity contribution >= 4 is 0 Å². The van der Waals surface area contributed by atoms with Gasteiger partial charge in [-0.1, -0.05) is 26.0 Å². The molecule has 0 unspecified atom stereocenters. The Morgan fingerprint density at radius 3 is 2.45 bits per heavy atom. The van der Waals surface area contributed by atoms with Crippen molar-refractivity contribution in [3.8, 4) is 0 Å². The molecule has 0 saturated carbocycles. The molecule has 0 aliphatic rings. The third-order valence-electron chi connectivity index (χ3n) is 1.57. The summed E-state index contributed by atoms with van der Waals surface area (Å²) in [5.41, 5.74) is 5.81. The van der Waals surface area contributed by atoms with Crippen LogP contribution in [0.3, 0.4) is 0 Å². The molecule has 1 atom stereocenters. The molecule has 0 aromatic carbocycles. The SMILES string of the molecule is CC(C)(C)[C@@H](N)c1nn[nH]n1. The van der Waals surface area contributed by atoms with Crippen molar-refractivity contribution in [2.75, 3.05) is 0 Å². The minimum atomic E-state index is -0.166. The molecule has 1 aromatic heterocycles. The molecule has 3 N–H and O–H groups in total. The molecule has 0 aliphatic heterocycles. The van der Waals surface area contributed by atoms with E-state index in [0.717, 1.165) is 0 Å². The average molecular weight is 155 g/mol. The fourth-order valence-electron chi connectivity index (χ4n) is 0.689. The molecule has 0 aliphatic carbocycles. The Kier molecular flexibility index (Phi) is 1.90. The number of nitrogens with zero attached hydrogens (tertiary/aromatic N) is 3. The summed E-state index contributed by atoms with van der Waals surface area (Å²) in [6.07, 6.45) is 0. The molecule has 0 saturated heterocycles. The highest BCUT2D eigenvalue weighted by molar-refractivity contribution is 4.93. The summed E-state index contributed by atoms with van der Waals surface area (Å²) in [4.78, 5) is 0. The zero-order valence-electron chi connectivity index (χ0n) is 7.00. The van der Waals surface area contributed by atoms with Gasteiger partial charge in [-0.25, -0.2) is 0 Å². The van der Waals surface area contributed by atoms with Gasteiger partial charge in [-0.05, 0) is 5.41 Å². The number of hydrogen-bond acceptors (Lipinski definition) is 4. The summed E-state index contributed by atoms with van der Waals surface area (Å²) in [6.45, 7) is 6.11. The van der Waals surface area contributed by atoms with E-state index in [1.54, 1.807) is 0 Å². The summed E-state index contributed by atoms with van der Waals surface area (Å²) < 4.78 is 0. The smallest absolute Gasteiger partial charge is 0.191 e. The molecular formula is C6H13N5. The van der Waals surface area contributed by atoms with Crippen LogP contribution >= 0.6 is 0 Å². The monoisotopic (exact) mass is 155 g/mol. The predicted octanol–water partition coefficient (Wildman–Crippen LogP) is 0.246. The van der Waals surface area contributed by atoms with Crippen molar-refractivity contribution in [1.82, 2.24) is 20.6 Å². The molecule has 62 valence electrons. The van der Waals surface area contributed by atoms with E-state index in [0.29, 0.717) is 5.82 Å². The quantitative estimate of drug-likeness (QED) is 0.609. The van der Waals surface area contributed by atoms with Gasteiger partial charge in [0.05, 0.1) is 6.04 Å². The second kappa shape index (κ2) is 2.58. The van der Waals surface area contributed by atoms with E-state index in [9.17, 15) is 0 Å². The van der Waals surface area contributed by atoms with Gasteiger partial charge in [0.2, 0.25) is 0 Å². The van der Waals surface area contributed by atoms with Gasteiger partial charge in [0.15, 0.2) is 5.82 Å². The van der Waals surface area contributed by atoms with Crippen molar-refractivity contribution in [3.63, 3.8) is 0 Å². The maximum Gasteiger partial charge on any atom is 0.191 e. The number of nitrogens with one attached hydrogen (secondary N) is 1. The van der Waals surface area contributed by atoms with Crippen molar-refractivity contribution in [1.29, 1.82) is 0 Å². The lowest BCUT2D eigenvalue weighted by Gasteiger charge is -2.23. The van der Waals surface area contributed by atoms with Crippen LogP contribution in [-0.2, 0) is 0 Å². The van der Waals surface area contributed by atoms with E-state index >= 15 is 0 Å². The Labute approximate surface area is 65.4 Å². The number of hydrogen-bond donors (Lipinski definition) is 2. The van der Waals surface area contributed by atoms with Crippen LogP contribution in [-0.4, -0.2) is 20.6 Å². The maximum atomic E-state index is 5.83. The van der Waals surface area contributed by atoms with E-state index in [4.69, 9.17) is 5.73 Å². The minimum Gasteiger partial charge on any atom is -0.321 e. The van der Waals surface area contributed by atoms with Gasteiger partial charge in [-0.15, -0.1) is 10.2 Å². The Hall–Kier alpha value is -0.970. The number of tetrazole rings is 1. The number of nitrogens with two attached hydrogens (primary N) is 1. The number of rotatable bonds is 1. The Balaban J connectivity index is 2.78. The summed E-state index contributed by atoms with van der Waals surface area (Å²) in [5, 5.41) is 13.4. The fourth-order valence-corrected chi connectivity index (χ4v) is 0.689. The van der Waals surface area contributed by atoms with Crippen LogP contribution in [0, 0.1) is 5.41 Å². The van der Waals surface area contributed by atoms with Crippen LogP contribution < -0.4 is 5.73 Å². The van der Waals surface area contributed by atoms with Crippen LogP contribution in [0.1, 0.15) is 32.6 Å². The van der Waals surface area contributed by atoms with Crippen molar-refractivity contribution in [2.24, 2.45) is 11.1 Å². The van der Waals surface area contributed by atoms with Gasteiger partial charge in [0, 0.05) is 0 Å². The highest BCUT2D eigenvalue weighted by Gasteiger charge is 2.25. The summed E-state index contributed by atoms with van der Waals surface area (Å²) in [5.74, 6) is 0.567. The van der Waals surface area contributed by atoms with Crippen molar-refractivity contribution < 1.29 is 0 Å². The van der Waals surface area contributed by atoms with E-state index in [1.807, 2.05) is 20.8 Å². The van der Waals surface area contributed by atoms with Crippen LogP contribution in [0.4, 0.5) is 0 Å². The standard InChI is InChI=1S/C6H13N5/c1-6(2,3)4(7)5-8-10-11-9-5/h4H,7H2,1-3H3,(H,8,9,10,11)/t4-/m0/s1. The lowest BCUT2D eigenvalue weighted by Crippen LogP contribution is -2.27. The Morgan fingerprint density at radius 1 is 1.45 bits per heavy atom. The Bertz CT molecular complexity index is 209. The van der Waals surface area contributed by atoms with Crippen LogP contribution in [0.2, 0.25) is 0 Å².